The van der Waals surface area contributed by atoms with Gasteiger partial charge in [-0.3, -0.25) is 0 Å². The third-order valence-corrected chi connectivity index (χ3v) is 0.285. The van der Waals surface area contributed by atoms with Crippen molar-refractivity contribution in [1.29, 1.82) is 0 Å². The number of hydrogen-bond acceptors (Lipinski definition) is 1. The van der Waals surface area contributed by atoms with Crippen LogP contribution in [-0.2, 0) is 0 Å². The van der Waals surface area contributed by atoms with Crippen LogP contribution in [0, 0.1) is 0 Å². The second kappa shape index (κ2) is 1.86. The molecule has 0 saturated heterocycles. The van der Waals surface area contributed by atoms with E-state index in [1.165, 1.54) is 0 Å². The largest absolute Gasteiger partial charge is 0.411 e. The van der Waals surface area contributed by atoms with Crippen LogP contribution in [-0.4, -0.2) is 6.18 Å². The van der Waals surface area contributed by atoms with E-state index < -0.39 is 6.18 Å². The highest BCUT2D eigenvalue weighted by atomic mass is 19.4. The highest BCUT2D eigenvalue weighted by Crippen LogP contribution is 2.14. The summed E-state index contributed by atoms with van der Waals surface area (Å²) in [5, 5.41) is 0. The first kappa shape index (κ1) is 6.33. The first-order valence-electron chi connectivity index (χ1n) is 1.52. The van der Waals surface area contributed by atoms with Crippen molar-refractivity contribution in [2.75, 3.05) is 0 Å². The lowest BCUT2D eigenvalue weighted by Gasteiger charge is -1.93. The van der Waals surface area contributed by atoms with E-state index in [-0.39, 0.29) is 6.08 Å². The highest BCUT2D eigenvalue weighted by Gasteiger charge is 2.21. The van der Waals surface area contributed by atoms with Crippen molar-refractivity contribution in [3.05, 3.63) is 12.3 Å². The third-order valence-electron chi connectivity index (χ3n) is 0.285. The molecule has 0 aromatic rings. The molecule has 7 heavy (non-hydrogen) atoms. The number of halogens is 3. The molecule has 0 rings (SSSR count). The minimum atomic E-state index is -4.26. The van der Waals surface area contributed by atoms with E-state index >= 15 is 0 Å². The van der Waals surface area contributed by atoms with E-state index in [9.17, 15) is 13.2 Å². The van der Waals surface area contributed by atoms with Crippen molar-refractivity contribution in [1.82, 2.24) is 0 Å². The van der Waals surface area contributed by atoms with Gasteiger partial charge in [0, 0.05) is 6.08 Å². The lowest BCUT2D eigenvalue weighted by atomic mass is 10.6. The molecular formula is C3H4F3N. The van der Waals surface area contributed by atoms with E-state index in [0.717, 1.165) is 0 Å². The Bertz CT molecular complexity index is 72.7. The zero-order valence-electron chi connectivity index (χ0n) is 3.37. The van der Waals surface area contributed by atoms with Crippen LogP contribution in [0.2, 0.25) is 0 Å². The van der Waals surface area contributed by atoms with Crippen molar-refractivity contribution in [2.24, 2.45) is 5.73 Å². The van der Waals surface area contributed by atoms with Gasteiger partial charge in [-0.2, -0.15) is 13.2 Å². The van der Waals surface area contributed by atoms with Crippen LogP contribution < -0.4 is 5.73 Å². The molecule has 0 amide bonds. The quantitative estimate of drug-likeness (QED) is 0.496. The summed E-state index contributed by atoms with van der Waals surface area (Å²) in [5.74, 6) is 0. The van der Waals surface area contributed by atoms with Gasteiger partial charge in [0.15, 0.2) is 0 Å². The lowest BCUT2D eigenvalue weighted by Crippen LogP contribution is -2.01. The molecule has 0 aliphatic heterocycles. The standard InChI is InChI=1S/C3H4F3N/c4-3(5,6)1-2-7/h1-2H,7H2/b2-1+. The summed E-state index contributed by atoms with van der Waals surface area (Å²) in [5.41, 5.74) is 4.41. The number of nitrogens with two attached hydrogens (primary N) is 1. The normalized spacial score (nSPS) is 13.0. The van der Waals surface area contributed by atoms with Gasteiger partial charge in [-0.05, 0) is 6.20 Å². The van der Waals surface area contributed by atoms with E-state index in [1.54, 1.807) is 0 Å². The molecule has 1 nitrogen and oxygen atoms in total. The van der Waals surface area contributed by atoms with Gasteiger partial charge >= 0.3 is 6.18 Å². The number of alkyl halides is 3. The zero-order valence-corrected chi connectivity index (χ0v) is 3.37. The second-order valence-electron chi connectivity index (χ2n) is 0.901. The van der Waals surface area contributed by atoms with Gasteiger partial charge in [0.05, 0.1) is 0 Å². The van der Waals surface area contributed by atoms with Gasteiger partial charge in [-0.1, -0.05) is 0 Å². The Morgan fingerprint density at radius 2 is 1.71 bits per heavy atom. The maximum Gasteiger partial charge on any atom is 0.411 e. The summed E-state index contributed by atoms with van der Waals surface area (Å²) in [7, 11) is 0. The fraction of sp³-hybridized carbons (Fsp3) is 0.333. The minimum Gasteiger partial charge on any atom is -0.405 e. The molecule has 0 atom stereocenters. The van der Waals surface area contributed by atoms with E-state index in [4.69, 9.17) is 0 Å². The molecule has 0 radical (unpaired) electrons. The Morgan fingerprint density at radius 3 is 1.71 bits per heavy atom. The lowest BCUT2D eigenvalue weighted by molar-refractivity contribution is -0.0799. The molecule has 0 aliphatic carbocycles. The third kappa shape index (κ3) is 5.33. The topological polar surface area (TPSA) is 26.0 Å². The Balaban J connectivity index is 3.56. The fourth-order valence-corrected chi connectivity index (χ4v) is 0.109. The molecule has 0 aromatic heterocycles. The van der Waals surface area contributed by atoms with Gasteiger partial charge in [0.1, 0.15) is 0 Å². The monoisotopic (exact) mass is 111 g/mol. The van der Waals surface area contributed by atoms with Crippen LogP contribution in [0.25, 0.3) is 0 Å². The summed E-state index contributed by atoms with van der Waals surface area (Å²) in [6, 6.07) is 0. The van der Waals surface area contributed by atoms with Gasteiger partial charge in [0.25, 0.3) is 0 Å². The smallest absolute Gasteiger partial charge is 0.405 e. The maximum atomic E-state index is 10.9. The average Bonchev–Trinajstić information content (AvgIpc) is 1.30. The van der Waals surface area contributed by atoms with Crippen LogP contribution in [0.4, 0.5) is 13.2 Å². The second-order valence-corrected chi connectivity index (χ2v) is 0.901. The van der Waals surface area contributed by atoms with E-state index in [0.29, 0.717) is 6.20 Å². The summed E-state index contributed by atoms with van der Waals surface area (Å²) < 4.78 is 32.7. The molecule has 0 unspecified atom stereocenters. The molecule has 42 valence electrons. The maximum absolute atomic E-state index is 10.9. The molecule has 2 N–H and O–H groups in total. The van der Waals surface area contributed by atoms with Crippen molar-refractivity contribution in [3.63, 3.8) is 0 Å². The molecule has 0 aliphatic rings. The first-order valence-corrected chi connectivity index (χ1v) is 1.52. The molecule has 0 spiro atoms. The predicted octanol–water partition coefficient (Wildman–Crippen LogP) is 1.02. The minimum absolute atomic E-state index is 0.0347. The van der Waals surface area contributed by atoms with Gasteiger partial charge < -0.3 is 5.73 Å². The summed E-state index contributed by atoms with van der Waals surface area (Å²) in [6.45, 7) is 0. The molecule has 4 heteroatoms. The predicted molar refractivity (Wildman–Crippen MR) is 19.4 cm³/mol. The van der Waals surface area contributed by atoms with Gasteiger partial charge in [0.2, 0.25) is 0 Å². The molecule has 0 fully saturated rings. The number of allylic oxidation sites excluding steroid dienone is 1. The van der Waals surface area contributed by atoms with Crippen LogP contribution >= 0.6 is 0 Å². The molecule has 0 saturated carbocycles. The summed E-state index contributed by atoms with van der Waals surface area (Å²) in [4.78, 5) is 0. The average molecular weight is 111 g/mol. The van der Waals surface area contributed by atoms with Gasteiger partial charge in [-0.15, -0.1) is 0 Å². The van der Waals surface area contributed by atoms with E-state index in [2.05, 4.69) is 5.73 Å². The van der Waals surface area contributed by atoms with E-state index in [1.807, 2.05) is 0 Å². The Labute approximate surface area is 38.6 Å². The molecule has 0 bridgehead atoms. The summed E-state index contributed by atoms with van der Waals surface area (Å²) >= 11 is 0. The Morgan fingerprint density at radius 1 is 1.29 bits per heavy atom. The van der Waals surface area contributed by atoms with Gasteiger partial charge in [-0.25, -0.2) is 0 Å². The van der Waals surface area contributed by atoms with Crippen LogP contribution in [0.1, 0.15) is 0 Å². The van der Waals surface area contributed by atoms with Crippen LogP contribution in [0.3, 0.4) is 0 Å². The van der Waals surface area contributed by atoms with Crippen molar-refractivity contribution in [3.8, 4) is 0 Å². The Hall–Kier alpha value is -0.670. The fourth-order valence-electron chi connectivity index (χ4n) is 0.109. The van der Waals surface area contributed by atoms with Crippen molar-refractivity contribution in [2.45, 2.75) is 6.18 Å². The molecule has 0 heterocycles. The zero-order chi connectivity index (χ0) is 5.91. The van der Waals surface area contributed by atoms with Crippen LogP contribution in [0.5, 0.6) is 0 Å². The number of hydrogen-bond donors (Lipinski definition) is 1. The first-order chi connectivity index (χ1) is 3.06. The number of rotatable bonds is 0. The van der Waals surface area contributed by atoms with Crippen molar-refractivity contribution < 1.29 is 13.2 Å². The SMILES string of the molecule is N/C=C/C(F)(F)F. The van der Waals surface area contributed by atoms with Crippen molar-refractivity contribution >= 4 is 0 Å². The summed E-state index contributed by atoms with van der Waals surface area (Å²) in [6.07, 6.45) is -3.83. The molecular weight excluding hydrogens is 107 g/mol. The Kier molecular flexibility index (Phi) is 1.68. The molecule has 0 aromatic carbocycles. The van der Waals surface area contributed by atoms with Crippen LogP contribution in [0.15, 0.2) is 12.3 Å². The highest BCUT2D eigenvalue weighted by molar-refractivity contribution is 4.83.